The Morgan fingerprint density at radius 3 is 2.11 bits per heavy atom. The number of hydrogen-bond donors (Lipinski definition) is 0. The SMILES string of the molecule is CCN1CCN(C2=C(c3ccccc3)C(=O)N(c3ccc(Cl)cc3)C2=O)CC1. The summed E-state index contributed by atoms with van der Waals surface area (Å²) in [5.74, 6) is -0.553. The molecule has 2 aliphatic rings. The van der Waals surface area contributed by atoms with E-state index in [0.29, 0.717) is 22.0 Å². The van der Waals surface area contributed by atoms with E-state index in [-0.39, 0.29) is 11.8 Å². The van der Waals surface area contributed by atoms with Gasteiger partial charge in [0, 0.05) is 31.2 Å². The van der Waals surface area contributed by atoms with Crippen LogP contribution in [0.15, 0.2) is 60.3 Å². The first-order valence-electron chi connectivity index (χ1n) is 9.51. The van der Waals surface area contributed by atoms with Gasteiger partial charge < -0.3 is 9.80 Å². The third kappa shape index (κ3) is 3.32. The summed E-state index contributed by atoms with van der Waals surface area (Å²) in [5.41, 5.74) is 2.28. The van der Waals surface area contributed by atoms with E-state index in [1.807, 2.05) is 30.3 Å². The van der Waals surface area contributed by atoms with Crippen LogP contribution in [0.3, 0.4) is 0 Å². The molecule has 0 bridgehead atoms. The summed E-state index contributed by atoms with van der Waals surface area (Å²) < 4.78 is 0. The monoisotopic (exact) mass is 395 g/mol. The fourth-order valence-electron chi connectivity index (χ4n) is 3.79. The highest BCUT2D eigenvalue weighted by Gasteiger charge is 2.42. The topological polar surface area (TPSA) is 43.9 Å². The van der Waals surface area contributed by atoms with Gasteiger partial charge in [-0.3, -0.25) is 9.59 Å². The number of hydrogen-bond acceptors (Lipinski definition) is 4. The fourth-order valence-corrected chi connectivity index (χ4v) is 3.91. The Hall–Kier alpha value is -2.63. The lowest BCUT2D eigenvalue weighted by Crippen LogP contribution is -2.47. The summed E-state index contributed by atoms with van der Waals surface area (Å²) in [4.78, 5) is 32.4. The molecule has 0 aromatic heterocycles. The van der Waals surface area contributed by atoms with Crippen LogP contribution >= 0.6 is 11.6 Å². The molecule has 0 atom stereocenters. The molecular weight excluding hydrogens is 374 g/mol. The summed E-state index contributed by atoms with van der Waals surface area (Å²) in [6, 6.07) is 16.2. The maximum atomic E-state index is 13.4. The Bertz CT molecular complexity index is 917. The number of anilines is 1. The second-order valence-corrected chi connectivity index (χ2v) is 7.37. The van der Waals surface area contributed by atoms with Crippen molar-refractivity contribution in [2.24, 2.45) is 0 Å². The minimum atomic E-state index is -0.286. The first-order chi connectivity index (χ1) is 13.6. The van der Waals surface area contributed by atoms with E-state index in [1.54, 1.807) is 24.3 Å². The van der Waals surface area contributed by atoms with Gasteiger partial charge in [0.25, 0.3) is 11.8 Å². The number of rotatable bonds is 4. The molecule has 2 aliphatic heterocycles. The zero-order valence-corrected chi connectivity index (χ0v) is 16.5. The van der Waals surface area contributed by atoms with Crippen molar-refractivity contribution in [2.75, 3.05) is 37.6 Å². The molecule has 0 N–H and O–H groups in total. The number of carbonyl (C=O) groups is 2. The maximum Gasteiger partial charge on any atom is 0.282 e. The Balaban J connectivity index is 1.76. The fraction of sp³-hybridized carbons (Fsp3) is 0.273. The molecule has 6 heteroatoms. The van der Waals surface area contributed by atoms with Crippen molar-refractivity contribution in [3.63, 3.8) is 0 Å². The molecular formula is C22H22ClN3O2. The van der Waals surface area contributed by atoms with Crippen LogP contribution in [0.1, 0.15) is 12.5 Å². The zero-order chi connectivity index (χ0) is 19.7. The molecule has 0 aliphatic carbocycles. The molecule has 2 amide bonds. The molecule has 2 heterocycles. The van der Waals surface area contributed by atoms with Gasteiger partial charge >= 0.3 is 0 Å². The van der Waals surface area contributed by atoms with Gasteiger partial charge in [-0.1, -0.05) is 48.9 Å². The summed E-state index contributed by atoms with van der Waals surface area (Å²) in [6.07, 6.45) is 0. The van der Waals surface area contributed by atoms with Crippen LogP contribution in [-0.2, 0) is 9.59 Å². The summed E-state index contributed by atoms with van der Waals surface area (Å²) in [7, 11) is 0. The first kappa shape index (κ1) is 18.7. The molecule has 0 saturated carbocycles. The van der Waals surface area contributed by atoms with Crippen LogP contribution in [0.4, 0.5) is 5.69 Å². The van der Waals surface area contributed by atoms with Crippen LogP contribution < -0.4 is 4.90 Å². The maximum absolute atomic E-state index is 13.4. The van der Waals surface area contributed by atoms with Gasteiger partial charge in [-0.05, 0) is 36.4 Å². The normalized spacial score (nSPS) is 18.4. The van der Waals surface area contributed by atoms with Crippen molar-refractivity contribution in [1.82, 2.24) is 9.80 Å². The number of piperazine rings is 1. The Labute approximate surface area is 169 Å². The highest BCUT2D eigenvalue weighted by Crippen LogP contribution is 2.35. The van der Waals surface area contributed by atoms with Crippen molar-refractivity contribution >= 4 is 34.7 Å². The van der Waals surface area contributed by atoms with E-state index in [1.165, 1.54) is 4.90 Å². The van der Waals surface area contributed by atoms with E-state index >= 15 is 0 Å². The number of imide groups is 1. The number of carbonyl (C=O) groups excluding carboxylic acids is 2. The van der Waals surface area contributed by atoms with Crippen LogP contribution in [0.2, 0.25) is 5.02 Å². The van der Waals surface area contributed by atoms with Gasteiger partial charge in [0.15, 0.2) is 0 Å². The van der Waals surface area contributed by atoms with Crippen LogP contribution in [0, 0.1) is 0 Å². The number of benzene rings is 2. The number of amides is 2. The highest BCUT2D eigenvalue weighted by molar-refractivity contribution is 6.45. The third-order valence-corrected chi connectivity index (χ3v) is 5.59. The second kappa shape index (κ2) is 7.78. The molecule has 2 aromatic rings. The average molecular weight is 396 g/mol. The first-order valence-corrected chi connectivity index (χ1v) is 9.89. The highest BCUT2D eigenvalue weighted by atomic mass is 35.5. The van der Waals surface area contributed by atoms with Gasteiger partial charge in [-0.15, -0.1) is 0 Å². The van der Waals surface area contributed by atoms with E-state index in [4.69, 9.17) is 11.6 Å². The lowest BCUT2D eigenvalue weighted by Gasteiger charge is -2.36. The molecule has 0 spiro atoms. The molecule has 5 nitrogen and oxygen atoms in total. The summed E-state index contributed by atoms with van der Waals surface area (Å²) >= 11 is 5.98. The minimum Gasteiger partial charge on any atom is -0.364 e. The molecule has 1 saturated heterocycles. The summed E-state index contributed by atoms with van der Waals surface area (Å²) in [5, 5.41) is 0.565. The predicted octanol–water partition coefficient (Wildman–Crippen LogP) is 3.26. The van der Waals surface area contributed by atoms with E-state index in [9.17, 15) is 9.59 Å². The lowest BCUT2D eigenvalue weighted by molar-refractivity contribution is -0.120. The largest absolute Gasteiger partial charge is 0.364 e. The van der Waals surface area contributed by atoms with E-state index in [0.717, 1.165) is 38.3 Å². The van der Waals surface area contributed by atoms with E-state index in [2.05, 4.69) is 16.7 Å². The molecule has 0 radical (unpaired) electrons. The minimum absolute atomic E-state index is 0.267. The van der Waals surface area contributed by atoms with Crippen molar-refractivity contribution < 1.29 is 9.59 Å². The zero-order valence-electron chi connectivity index (χ0n) is 15.8. The molecule has 4 rings (SSSR count). The molecule has 144 valence electrons. The van der Waals surface area contributed by atoms with Crippen molar-refractivity contribution in [3.05, 3.63) is 70.9 Å². The standard InChI is InChI=1S/C22H22ClN3O2/c1-2-24-12-14-25(15-13-24)20-19(16-6-4-3-5-7-16)21(27)26(22(20)28)18-10-8-17(23)9-11-18/h3-11H,2,12-15H2,1H3. The van der Waals surface area contributed by atoms with Crippen molar-refractivity contribution in [3.8, 4) is 0 Å². The Morgan fingerprint density at radius 1 is 0.857 bits per heavy atom. The van der Waals surface area contributed by atoms with Crippen molar-refractivity contribution in [2.45, 2.75) is 6.92 Å². The average Bonchev–Trinajstić information content (AvgIpc) is 2.99. The predicted molar refractivity (Wildman–Crippen MR) is 111 cm³/mol. The Morgan fingerprint density at radius 2 is 1.50 bits per heavy atom. The van der Waals surface area contributed by atoms with Gasteiger partial charge in [0.05, 0.1) is 11.3 Å². The third-order valence-electron chi connectivity index (χ3n) is 5.34. The quantitative estimate of drug-likeness (QED) is 0.745. The van der Waals surface area contributed by atoms with Crippen LogP contribution in [0.5, 0.6) is 0 Å². The molecule has 2 aromatic carbocycles. The number of likely N-dealkylation sites (N-methyl/N-ethyl adjacent to an activating group) is 1. The van der Waals surface area contributed by atoms with Crippen LogP contribution in [-0.4, -0.2) is 54.3 Å². The molecule has 1 fully saturated rings. The molecule has 28 heavy (non-hydrogen) atoms. The van der Waals surface area contributed by atoms with Crippen molar-refractivity contribution in [1.29, 1.82) is 0 Å². The van der Waals surface area contributed by atoms with Gasteiger partial charge in [-0.25, -0.2) is 4.90 Å². The van der Waals surface area contributed by atoms with Gasteiger partial charge in [-0.2, -0.15) is 0 Å². The molecule has 0 unspecified atom stereocenters. The number of halogens is 1. The lowest BCUT2D eigenvalue weighted by atomic mass is 10.0. The number of nitrogens with zero attached hydrogens (tertiary/aromatic N) is 3. The van der Waals surface area contributed by atoms with E-state index < -0.39 is 0 Å². The smallest absolute Gasteiger partial charge is 0.282 e. The second-order valence-electron chi connectivity index (χ2n) is 6.93. The van der Waals surface area contributed by atoms with Gasteiger partial charge in [0.1, 0.15) is 5.70 Å². The Kier molecular flexibility index (Phi) is 5.20. The van der Waals surface area contributed by atoms with Gasteiger partial charge in [0.2, 0.25) is 0 Å². The summed E-state index contributed by atoms with van der Waals surface area (Å²) in [6.45, 7) is 6.34. The van der Waals surface area contributed by atoms with Crippen LogP contribution in [0.25, 0.3) is 5.57 Å².